The van der Waals surface area contributed by atoms with Crippen LogP contribution in [0.4, 0.5) is 0 Å². The maximum atomic E-state index is 13.6. The van der Waals surface area contributed by atoms with Gasteiger partial charge in [0.15, 0.2) is 0 Å². The van der Waals surface area contributed by atoms with Gasteiger partial charge in [0.2, 0.25) is 0 Å². The van der Waals surface area contributed by atoms with E-state index in [4.69, 9.17) is 19.3 Å². The van der Waals surface area contributed by atoms with Crippen LogP contribution in [0.15, 0.2) is 60.7 Å². The van der Waals surface area contributed by atoms with Crippen LogP contribution in [0.5, 0.6) is 11.5 Å². The number of hydrogen-bond donors (Lipinski definition) is 2. The van der Waals surface area contributed by atoms with Gasteiger partial charge in [0.1, 0.15) is 11.5 Å². The van der Waals surface area contributed by atoms with Crippen LogP contribution in [-0.2, 0) is 14.2 Å². The van der Waals surface area contributed by atoms with Crippen LogP contribution in [0, 0.1) is 5.92 Å². The van der Waals surface area contributed by atoms with E-state index in [9.17, 15) is 14.2 Å². The molecule has 7 nitrogen and oxygen atoms in total. The molecule has 0 aliphatic rings. The Hall–Kier alpha value is -2.79. The largest absolute Gasteiger partial charge is 0.481 e. The minimum Gasteiger partial charge on any atom is -0.481 e. The first-order chi connectivity index (χ1) is 13.9. The Bertz CT molecular complexity index is 778. The van der Waals surface area contributed by atoms with Gasteiger partial charge in [-0.15, -0.1) is 0 Å². The minimum atomic E-state index is -3.68. The molecule has 29 heavy (non-hydrogen) atoms. The second kappa shape index (κ2) is 11.3. The molecule has 0 aliphatic carbocycles. The van der Waals surface area contributed by atoms with E-state index < -0.39 is 19.5 Å². The van der Waals surface area contributed by atoms with Gasteiger partial charge in [0, 0.05) is 12.8 Å². The van der Waals surface area contributed by atoms with E-state index in [-0.39, 0.29) is 31.3 Å². The normalized spacial score (nSPS) is 12.1. The molecule has 0 radical (unpaired) electrons. The molecule has 0 spiro atoms. The fourth-order valence-corrected chi connectivity index (χ4v) is 4.96. The van der Waals surface area contributed by atoms with Crippen molar-refractivity contribution >= 4 is 19.5 Å². The lowest BCUT2D eigenvalue weighted by Crippen LogP contribution is -2.15. The predicted octanol–water partition coefficient (Wildman–Crippen LogP) is 5.07. The van der Waals surface area contributed by atoms with E-state index in [1.807, 2.05) is 0 Å². The number of carboxylic acids is 2. The number of hydrogen-bond acceptors (Lipinski definition) is 5. The second-order valence-corrected chi connectivity index (χ2v) is 8.64. The van der Waals surface area contributed by atoms with Crippen LogP contribution >= 0.6 is 7.60 Å². The van der Waals surface area contributed by atoms with Crippen LogP contribution in [0.2, 0.25) is 0 Å². The van der Waals surface area contributed by atoms with Gasteiger partial charge in [-0.25, -0.2) is 4.57 Å². The highest BCUT2D eigenvalue weighted by atomic mass is 31.2. The maximum absolute atomic E-state index is 13.6. The molecule has 8 heteroatoms. The summed E-state index contributed by atoms with van der Waals surface area (Å²) in [6.07, 6.45) is 0.885. The molecule has 2 N–H and O–H groups in total. The molecule has 156 valence electrons. The summed E-state index contributed by atoms with van der Waals surface area (Å²) in [6.45, 7) is 0. The zero-order chi connectivity index (χ0) is 21.1. The van der Waals surface area contributed by atoms with E-state index in [2.05, 4.69) is 0 Å². The van der Waals surface area contributed by atoms with Crippen LogP contribution in [0.1, 0.15) is 32.1 Å². The molecule has 0 heterocycles. The molecule has 0 saturated carbocycles. The van der Waals surface area contributed by atoms with Gasteiger partial charge in [-0.3, -0.25) is 9.59 Å². The highest BCUT2D eigenvalue weighted by molar-refractivity contribution is 7.54. The molecule has 2 aromatic rings. The summed E-state index contributed by atoms with van der Waals surface area (Å²) in [5.41, 5.74) is 0. The highest BCUT2D eigenvalue weighted by Gasteiger charge is 2.32. The number of carboxylic acid groups (broad SMARTS) is 2. The van der Waals surface area contributed by atoms with Gasteiger partial charge in [0.05, 0.1) is 6.16 Å². The van der Waals surface area contributed by atoms with E-state index in [0.29, 0.717) is 24.3 Å². The van der Waals surface area contributed by atoms with Crippen molar-refractivity contribution in [2.24, 2.45) is 5.92 Å². The van der Waals surface area contributed by atoms with Gasteiger partial charge in [-0.05, 0) is 49.4 Å². The molecule has 0 aromatic heterocycles. The summed E-state index contributed by atoms with van der Waals surface area (Å²) in [5, 5.41) is 17.9. The van der Waals surface area contributed by atoms with Gasteiger partial charge in [-0.1, -0.05) is 36.4 Å². The monoisotopic (exact) mass is 420 g/mol. The zero-order valence-electron chi connectivity index (χ0n) is 16.0. The molecular formula is C21H25O7P. The first-order valence-electron chi connectivity index (χ1n) is 9.38. The Morgan fingerprint density at radius 2 is 1.28 bits per heavy atom. The Balaban J connectivity index is 2.19. The van der Waals surface area contributed by atoms with Gasteiger partial charge in [-0.2, -0.15) is 0 Å². The second-order valence-electron chi connectivity index (χ2n) is 6.69. The van der Waals surface area contributed by atoms with Crippen molar-refractivity contribution < 1.29 is 33.4 Å². The molecule has 0 fully saturated rings. The molecular weight excluding hydrogens is 395 g/mol. The molecule has 0 amide bonds. The lowest BCUT2D eigenvalue weighted by molar-refractivity contribution is -0.138. The quantitative estimate of drug-likeness (QED) is 0.435. The third-order valence-corrected chi connectivity index (χ3v) is 6.17. The standard InChI is InChI=1S/C21H25O7P/c22-20(23)13-7-8-17(14-15-21(24)25)16-29(26,27-18-9-3-1-4-10-18)28-19-11-5-2-6-12-19/h1-6,9-12,17H,7-8,13-16H2,(H,22,23)(H,24,25). The molecule has 0 saturated heterocycles. The van der Waals surface area contributed by atoms with Gasteiger partial charge in [0.25, 0.3) is 0 Å². The van der Waals surface area contributed by atoms with E-state index in [1.54, 1.807) is 60.7 Å². The van der Waals surface area contributed by atoms with E-state index in [1.165, 1.54) is 0 Å². The first kappa shape index (κ1) is 22.5. The van der Waals surface area contributed by atoms with Crippen molar-refractivity contribution in [3.63, 3.8) is 0 Å². The molecule has 1 unspecified atom stereocenters. The summed E-state index contributed by atoms with van der Waals surface area (Å²) in [6, 6.07) is 17.3. The van der Waals surface area contributed by atoms with Crippen molar-refractivity contribution in [1.82, 2.24) is 0 Å². The van der Waals surface area contributed by atoms with Crippen LogP contribution in [0.25, 0.3) is 0 Å². The molecule has 1 atom stereocenters. The summed E-state index contributed by atoms with van der Waals surface area (Å²) in [5.74, 6) is -1.44. The van der Waals surface area contributed by atoms with Gasteiger partial charge >= 0.3 is 19.5 Å². The summed E-state index contributed by atoms with van der Waals surface area (Å²) in [7, 11) is -3.68. The van der Waals surface area contributed by atoms with E-state index in [0.717, 1.165) is 0 Å². The highest BCUT2D eigenvalue weighted by Crippen LogP contribution is 2.51. The Labute approximate surface area is 169 Å². The average Bonchev–Trinajstić information content (AvgIpc) is 2.67. The van der Waals surface area contributed by atoms with Crippen LogP contribution < -0.4 is 9.05 Å². The summed E-state index contributed by atoms with van der Waals surface area (Å²) in [4.78, 5) is 21.8. The molecule has 0 bridgehead atoms. The third-order valence-electron chi connectivity index (χ3n) is 4.23. The topological polar surface area (TPSA) is 110 Å². The number of para-hydroxylation sites is 2. The van der Waals surface area contributed by atoms with Crippen molar-refractivity contribution in [1.29, 1.82) is 0 Å². The fraction of sp³-hybridized carbons (Fsp3) is 0.333. The van der Waals surface area contributed by atoms with Crippen molar-refractivity contribution in [3.05, 3.63) is 60.7 Å². The minimum absolute atomic E-state index is 0.0102. The first-order valence-corrected chi connectivity index (χ1v) is 11.1. The Morgan fingerprint density at radius 1 is 0.793 bits per heavy atom. The van der Waals surface area contributed by atoms with Crippen molar-refractivity contribution in [3.8, 4) is 11.5 Å². The summed E-state index contributed by atoms with van der Waals surface area (Å²) >= 11 is 0. The smallest absolute Gasteiger partial charge is 0.430 e. The average molecular weight is 420 g/mol. The van der Waals surface area contributed by atoms with E-state index >= 15 is 0 Å². The molecule has 2 rings (SSSR count). The number of rotatable bonds is 13. The third kappa shape index (κ3) is 8.83. The zero-order valence-corrected chi connectivity index (χ0v) is 16.9. The molecule has 0 aliphatic heterocycles. The number of benzene rings is 2. The fourth-order valence-electron chi connectivity index (χ4n) is 2.89. The Kier molecular flexibility index (Phi) is 8.74. The van der Waals surface area contributed by atoms with Crippen LogP contribution in [-0.4, -0.2) is 28.3 Å². The number of carbonyl (C=O) groups is 2. The van der Waals surface area contributed by atoms with Crippen molar-refractivity contribution in [2.45, 2.75) is 32.1 Å². The lowest BCUT2D eigenvalue weighted by Gasteiger charge is -2.24. The predicted molar refractivity (Wildman–Crippen MR) is 108 cm³/mol. The SMILES string of the molecule is O=C(O)CCCC(CCC(=O)O)CP(=O)(Oc1ccccc1)Oc1ccccc1. The maximum Gasteiger partial charge on any atom is 0.430 e. The number of aliphatic carboxylic acids is 2. The molecule has 2 aromatic carbocycles. The Morgan fingerprint density at radius 3 is 1.72 bits per heavy atom. The lowest BCUT2D eigenvalue weighted by atomic mass is 9.98. The van der Waals surface area contributed by atoms with Crippen molar-refractivity contribution in [2.75, 3.05) is 6.16 Å². The van der Waals surface area contributed by atoms with Crippen LogP contribution in [0.3, 0.4) is 0 Å². The summed E-state index contributed by atoms with van der Waals surface area (Å²) < 4.78 is 25.1. The van der Waals surface area contributed by atoms with Gasteiger partial charge < -0.3 is 19.3 Å².